The Morgan fingerprint density at radius 3 is 2.78 bits per heavy atom. The molecule has 0 aliphatic carbocycles. The summed E-state index contributed by atoms with van der Waals surface area (Å²) in [5, 5.41) is 15.7. The molecule has 0 aliphatic heterocycles. The molecule has 0 amide bonds. The smallest absolute Gasteiger partial charge is 0.181 e. The van der Waals surface area contributed by atoms with Gasteiger partial charge in [-0.25, -0.2) is 0 Å². The number of nitrogens with one attached hydrogen (secondary N) is 1. The van der Waals surface area contributed by atoms with Gasteiger partial charge in [0.25, 0.3) is 0 Å². The van der Waals surface area contributed by atoms with E-state index in [2.05, 4.69) is 4.98 Å². The Hall–Kier alpha value is -1.52. The number of hydrogen-bond acceptors (Lipinski definition) is 4. The SMILES string of the molecule is N=c1cncc(N)n1O. The van der Waals surface area contributed by atoms with Gasteiger partial charge in [0.2, 0.25) is 0 Å². The molecule has 1 heterocycles. The van der Waals surface area contributed by atoms with Gasteiger partial charge in [-0.15, -0.1) is 0 Å². The Labute approximate surface area is 50.9 Å². The molecule has 5 nitrogen and oxygen atoms in total. The van der Waals surface area contributed by atoms with Crippen LogP contribution >= 0.6 is 0 Å². The second-order valence-electron chi connectivity index (χ2n) is 1.53. The molecule has 1 aromatic rings. The molecule has 0 unspecified atom stereocenters. The normalized spacial score (nSPS) is 9.33. The first-order chi connectivity index (χ1) is 4.22. The molecule has 1 rings (SSSR count). The predicted octanol–water partition coefficient (Wildman–Crippen LogP) is -0.818. The van der Waals surface area contributed by atoms with Crippen LogP contribution in [0.1, 0.15) is 0 Å². The monoisotopic (exact) mass is 126 g/mol. The van der Waals surface area contributed by atoms with Gasteiger partial charge in [0.05, 0.1) is 12.4 Å². The first kappa shape index (κ1) is 5.61. The van der Waals surface area contributed by atoms with E-state index < -0.39 is 0 Å². The van der Waals surface area contributed by atoms with E-state index in [0.717, 1.165) is 0 Å². The Morgan fingerprint density at radius 1 is 1.67 bits per heavy atom. The number of nitrogen functional groups attached to an aromatic ring is 1. The van der Waals surface area contributed by atoms with Crippen molar-refractivity contribution in [3.8, 4) is 0 Å². The first-order valence-corrected chi connectivity index (χ1v) is 2.28. The molecule has 48 valence electrons. The minimum atomic E-state index is -0.130. The van der Waals surface area contributed by atoms with Crippen LogP contribution in [0, 0.1) is 5.41 Å². The molecule has 4 N–H and O–H groups in total. The fourth-order valence-corrected chi connectivity index (χ4v) is 0.433. The number of aromatic nitrogens is 2. The van der Waals surface area contributed by atoms with Gasteiger partial charge in [0, 0.05) is 0 Å². The van der Waals surface area contributed by atoms with E-state index >= 15 is 0 Å². The van der Waals surface area contributed by atoms with Crippen LogP contribution in [0.2, 0.25) is 0 Å². The topological polar surface area (TPSA) is 87.9 Å². The van der Waals surface area contributed by atoms with E-state index in [-0.39, 0.29) is 11.3 Å². The zero-order chi connectivity index (χ0) is 6.85. The largest absolute Gasteiger partial charge is 0.425 e. The number of anilines is 1. The highest BCUT2D eigenvalue weighted by Crippen LogP contribution is 1.86. The molecule has 0 bridgehead atoms. The summed E-state index contributed by atoms with van der Waals surface area (Å²) in [6.07, 6.45) is 2.45. The van der Waals surface area contributed by atoms with Crippen LogP contribution < -0.4 is 11.2 Å². The van der Waals surface area contributed by atoms with Crippen molar-refractivity contribution in [3.05, 3.63) is 17.9 Å². The van der Waals surface area contributed by atoms with Crippen molar-refractivity contribution in [2.75, 3.05) is 5.73 Å². The molecular formula is C4H6N4O. The summed E-state index contributed by atoms with van der Waals surface area (Å²) in [6.45, 7) is 0. The molecule has 1 aromatic heterocycles. The van der Waals surface area contributed by atoms with Crippen molar-refractivity contribution in [2.24, 2.45) is 0 Å². The molecular weight excluding hydrogens is 120 g/mol. The fraction of sp³-hybridized carbons (Fsp3) is 0. The third kappa shape index (κ3) is 0.835. The van der Waals surface area contributed by atoms with Crippen LogP contribution in [0.5, 0.6) is 0 Å². The maximum atomic E-state index is 8.77. The number of rotatable bonds is 0. The third-order valence-electron chi connectivity index (χ3n) is 0.876. The van der Waals surface area contributed by atoms with Gasteiger partial charge in [0.1, 0.15) is 0 Å². The Balaban J connectivity index is 3.43. The third-order valence-corrected chi connectivity index (χ3v) is 0.876. The average Bonchev–Trinajstić information content (AvgIpc) is 1.83. The maximum Gasteiger partial charge on any atom is 0.181 e. The number of nitrogens with zero attached hydrogens (tertiary/aromatic N) is 2. The summed E-state index contributed by atoms with van der Waals surface area (Å²) in [4.78, 5) is 3.55. The lowest BCUT2D eigenvalue weighted by Gasteiger charge is -1.97. The lowest BCUT2D eigenvalue weighted by Crippen LogP contribution is -2.20. The minimum absolute atomic E-state index is 0.0579. The van der Waals surface area contributed by atoms with Crippen molar-refractivity contribution in [1.29, 1.82) is 5.41 Å². The molecule has 9 heavy (non-hydrogen) atoms. The number of nitrogens with two attached hydrogens (primary N) is 1. The zero-order valence-electron chi connectivity index (χ0n) is 4.57. The van der Waals surface area contributed by atoms with Crippen LogP contribution in [0.25, 0.3) is 0 Å². The molecule has 0 atom stereocenters. The van der Waals surface area contributed by atoms with Gasteiger partial charge < -0.3 is 10.9 Å². The van der Waals surface area contributed by atoms with Gasteiger partial charge in [-0.05, 0) is 0 Å². The van der Waals surface area contributed by atoms with Crippen molar-refractivity contribution in [1.82, 2.24) is 9.71 Å². The van der Waals surface area contributed by atoms with Crippen LogP contribution in [0.15, 0.2) is 12.4 Å². The average molecular weight is 126 g/mol. The highest BCUT2D eigenvalue weighted by Gasteiger charge is 1.90. The standard InChI is InChI=1S/C4H6N4O/c5-3-1-7-2-4(6)8(3)9/h1-2,5,9H,6H2. The predicted molar refractivity (Wildman–Crippen MR) is 29.7 cm³/mol. The van der Waals surface area contributed by atoms with Crippen LogP contribution in [0.4, 0.5) is 5.82 Å². The van der Waals surface area contributed by atoms with Crippen molar-refractivity contribution in [2.45, 2.75) is 0 Å². The van der Waals surface area contributed by atoms with Crippen molar-refractivity contribution in [3.63, 3.8) is 0 Å². The molecule has 0 saturated heterocycles. The first-order valence-electron chi connectivity index (χ1n) is 2.28. The Bertz CT molecular complexity index is 266. The summed E-state index contributed by atoms with van der Waals surface area (Å²) in [5.74, 6) is 0.0579. The lowest BCUT2D eigenvalue weighted by molar-refractivity contribution is 0.176. The Morgan fingerprint density at radius 2 is 2.33 bits per heavy atom. The fourth-order valence-electron chi connectivity index (χ4n) is 0.433. The summed E-state index contributed by atoms with van der Waals surface area (Å²) < 4.78 is 0.549. The van der Waals surface area contributed by atoms with Crippen LogP contribution in [-0.4, -0.2) is 14.9 Å². The van der Waals surface area contributed by atoms with Gasteiger partial charge in [0.15, 0.2) is 11.3 Å². The van der Waals surface area contributed by atoms with Crippen LogP contribution in [0.3, 0.4) is 0 Å². The van der Waals surface area contributed by atoms with E-state index in [1.807, 2.05) is 0 Å². The van der Waals surface area contributed by atoms with E-state index in [1.165, 1.54) is 12.4 Å². The summed E-state index contributed by atoms with van der Waals surface area (Å²) in [6, 6.07) is 0. The van der Waals surface area contributed by atoms with E-state index in [9.17, 15) is 0 Å². The molecule has 0 aromatic carbocycles. The number of hydrogen-bond donors (Lipinski definition) is 3. The summed E-state index contributed by atoms with van der Waals surface area (Å²) in [7, 11) is 0. The van der Waals surface area contributed by atoms with Gasteiger partial charge in [-0.3, -0.25) is 10.4 Å². The van der Waals surface area contributed by atoms with Gasteiger partial charge in [-0.2, -0.15) is 4.73 Å². The summed E-state index contributed by atoms with van der Waals surface area (Å²) in [5.41, 5.74) is 5.02. The molecule has 0 radical (unpaired) electrons. The zero-order valence-corrected chi connectivity index (χ0v) is 4.57. The Kier molecular flexibility index (Phi) is 1.11. The summed E-state index contributed by atoms with van der Waals surface area (Å²) >= 11 is 0. The second kappa shape index (κ2) is 1.77. The highest BCUT2D eigenvalue weighted by atomic mass is 16.5. The highest BCUT2D eigenvalue weighted by molar-refractivity contribution is 5.21. The quantitative estimate of drug-likeness (QED) is 0.397. The molecule has 5 heteroatoms. The molecule has 0 saturated carbocycles. The van der Waals surface area contributed by atoms with Gasteiger partial charge in [-0.1, -0.05) is 0 Å². The lowest BCUT2D eigenvalue weighted by atomic mass is 10.7. The van der Waals surface area contributed by atoms with Crippen LogP contribution in [-0.2, 0) is 0 Å². The van der Waals surface area contributed by atoms with Crippen molar-refractivity contribution < 1.29 is 5.21 Å². The minimum Gasteiger partial charge on any atom is -0.425 e. The van der Waals surface area contributed by atoms with E-state index in [4.69, 9.17) is 16.4 Å². The second-order valence-corrected chi connectivity index (χ2v) is 1.53. The van der Waals surface area contributed by atoms with E-state index in [0.29, 0.717) is 4.73 Å². The molecule has 0 spiro atoms. The molecule has 0 fully saturated rings. The maximum absolute atomic E-state index is 8.77. The van der Waals surface area contributed by atoms with E-state index in [1.54, 1.807) is 0 Å². The molecule has 0 aliphatic rings. The van der Waals surface area contributed by atoms with Gasteiger partial charge >= 0.3 is 0 Å². The van der Waals surface area contributed by atoms with Crippen molar-refractivity contribution >= 4 is 5.82 Å².